The third kappa shape index (κ3) is 19.2. The average molecular weight is 402 g/mol. The van der Waals surface area contributed by atoms with Gasteiger partial charge in [0.1, 0.15) is 0 Å². The molecule has 9 heteroatoms. The first-order valence-corrected chi connectivity index (χ1v) is 10.3. The minimum Gasteiger partial charge on any atom is -0.338 e. The van der Waals surface area contributed by atoms with E-state index in [0.29, 0.717) is 26.2 Å². The number of nitrogens with zero attached hydrogens (tertiary/aromatic N) is 3. The Hall–Kier alpha value is -1.58. The Morgan fingerprint density at radius 2 is 0.821 bits per heavy atom. The zero-order chi connectivity index (χ0) is 21.2. The third-order valence-corrected chi connectivity index (χ3v) is 4.14. The molecule has 4 N–H and O–H groups in total. The molecule has 0 atom stereocenters. The highest BCUT2D eigenvalue weighted by Gasteiger charge is 2.03. The number of urea groups is 2. The first kappa shape index (κ1) is 26.4. The van der Waals surface area contributed by atoms with Crippen molar-refractivity contribution in [2.75, 3.05) is 87.6 Å². The van der Waals surface area contributed by atoms with Crippen molar-refractivity contribution in [2.45, 2.75) is 25.7 Å². The smallest absolute Gasteiger partial charge is 0.314 e. The lowest BCUT2D eigenvalue weighted by Crippen LogP contribution is -2.39. The molecule has 0 fully saturated rings. The maximum atomic E-state index is 11.6. The van der Waals surface area contributed by atoms with Crippen LogP contribution in [0.4, 0.5) is 9.59 Å². The number of rotatable bonds is 16. The number of carbonyl (C=O) groups is 2. The van der Waals surface area contributed by atoms with Crippen LogP contribution >= 0.6 is 0 Å². The van der Waals surface area contributed by atoms with Gasteiger partial charge in [-0.15, -0.1) is 0 Å². The van der Waals surface area contributed by atoms with Crippen molar-refractivity contribution in [3.63, 3.8) is 0 Å². The fourth-order valence-corrected chi connectivity index (χ4v) is 2.53. The Labute approximate surface area is 171 Å². The van der Waals surface area contributed by atoms with Crippen LogP contribution in [0.15, 0.2) is 0 Å². The molecule has 0 bridgehead atoms. The molecule has 0 unspecified atom stereocenters. The maximum Gasteiger partial charge on any atom is 0.314 e. The van der Waals surface area contributed by atoms with Gasteiger partial charge in [-0.3, -0.25) is 0 Å². The van der Waals surface area contributed by atoms with Crippen LogP contribution in [0, 0.1) is 0 Å². The van der Waals surface area contributed by atoms with Crippen LogP contribution in [0.25, 0.3) is 0 Å². The van der Waals surface area contributed by atoms with E-state index >= 15 is 0 Å². The highest BCUT2D eigenvalue weighted by atomic mass is 16.2. The monoisotopic (exact) mass is 401 g/mol. The molecule has 0 aliphatic heterocycles. The second kappa shape index (κ2) is 17.5. The molecule has 0 heterocycles. The quantitative estimate of drug-likeness (QED) is 0.277. The van der Waals surface area contributed by atoms with Gasteiger partial charge in [0, 0.05) is 26.2 Å². The van der Waals surface area contributed by atoms with Gasteiger partial charge in [0.2, 0.25) is 0 Å². The van der Waals surface area contributed by atoms with E-state index in [1.807, 2.05) is 28.2 Å². The van der Waals surface area contributed by atoms with Crippen LogP contribution in [0.5, 0.6) is 0 Å². The summed E-state index contributed by atoms with van der Waals surface area (Å²) < 4.78 is 0. The van der Waals surface area contributed by atoms with Crippen LogP contribution in [0.2, 0.25) is 0 Å². The van der Waals surface area contributed by atoms with E-state index in [2.05, 4.69) is 43.0 Å². The first-order valence-electron chi connectivity index (χ1n) is 10.3. The van der Waals surface area contributed by atoms with Crippen LogP contribution in [0.3, 0.4) is 0 Å². The van der Waals surface area contributed by atoms with Crippen LogP contribution in [0.1, 0.15) is 25.7 Å². The van der Waals surface area contributed by atoms with Crippen molar-refractivity contribution in [1.29, 1.82) is 0 Å². The average Bonchev–Trinajstić information content (AvgIpc) is 2.62. The molecule has 0 aromatic heterocycles. The molecule has 0 saturated heterocycles. The molecular weight excluding hydrogens is 358 g/mol. The fraction of sp³-hybridized carbons (Fsp3) is 0.895. The minimum absolute atomic E-state index is 0.0952. The van der Waals surface area contributed by atoms with Gasteiger partial charge >= 0.3 is 12.1 Å². The van der Waals surface area contributed by atoms with Crippen molar-refractivity contribution in [1.82, 2.24) is 36.0 Å². The SMILES string of the molecule is CN(C)CCCNC(=O)NCCCN(C)CCCNC(=O)NCCCN(C)C. The van der Waals surface area contributed by atoms with Gasteiger partial charge in [0.15, 0.2) is 0 Å². The van der Waals surface area contributed by atoms with Gasteiger partial charge in [-0.2, -0.15) is 0 Å². The Morgan fingerprint density at radius 3 is 1.11 bits per heavy atom. The number of hydrogen-bond donors (Lipinski definition) is 4. The highest BCUT2D eigenvalue weighted by Crippen LogP contribution is 1.90. The van der Waals surface area contributed by atoms with Crippen LogP contribution < -0.4 is 21.3 Å². The molecule has 0 aromatic rings. The van der Waals surface area contributed by atoms with E-state index in [4.69, 9.17) is 0 Å². The number of hydrogen-bond acceptors (Lipinski definition) is 5. The maximum absolute atomic E-state index is 11.6. The van der Waals surface area contributed by atoms with E-state index in [0.717, 1.165) is 51.9 Å². The predicted octanol–water partition coefficient (Wildman–Crippen LogP) is 0.200. The van der Waals surface area contributed by atoms with E-state index in [1.54, 1.807) is 0 Å². The molecular formula is C19H43N7O2. The van der Waals surface area contributed by atoms with Crippen molar-refractivity contribution < 1.29 is 9.59 Å². The summed E-state index contributed by atoms with van der Waals surface area (Å²) in [6.45, 7) is 6.49. The molecule has 4 amide bonds. The van der Waals surface area contributed by atoms with Gasteiger partial charge in [-0.05, 0) is 87.1 Å². The van der Waals surface area contributed by atoms with E-state index in [1.165, 1.54) is 0 Å². The zero-order valence-electron chi connectivity index (χ0n) is 18.6. The fourth-order valence-electron chi connectivity index (χ4n) is 2.53. The lowest BCUT2D eigenvalue weighted by atomic mass is 10.3. The second-order valence-electron chi connectivity index (χ2n) is 7.69. The van der Waals surface area contributed by atoms with Gasteiger partial charge in [0.05, 0.1) is 0 Å². The van der Waals surface area contributed by atoms with Gasteiger partial charge < -0.3 is 36.0 Å². The Kier molecular flexibility index (Phi) is 16.5. The van der Waals surface area contributed by atoms with Crippen LogP contribution in [-0.2, 0) is 0 Å². The molecule has 28 heavy (non-hydrogen) atoms. The van der Waals surface area contributed by atoms with Gasteiger partial charge in [-0.25, -0.2) is 9.59 Å². The highest BCUT2D eigenvalue weighted by molar-refractivity contribution is 5.74. The van der Waals surface area contributed by atoms with Crippen molar-refractivity contribution in [3.05, 3.63) is 0 Å². The summed E-state index contributed by atoms with van der Waals surface area (Å²) >= 11 is 0. The number of nitrogens with one attached hydrogen (secondary N) is 4. The standard InChI is InChI=1S/C19H43N7O2/c1-24(2)14-6-10-20-18(27)22-12-8-16-26(5)17-9-13-23-19(28)21-11-7-15-25(3)4/h6-17H2,1-5H3,(H2,20,22,27)(H2,21,23,28). The van der Waals surface area contributed by atoms with Crippen molar-refractivity contribution in [2.24, 2.45) is 0 Å². The summed E-state index contributed by atoms with van der Waals surface area (Å²) in [7, 11) is 10.1. The molecule has 0 saturated carbocycles. The summed E-state index contributed by atoms with van der Waals surface area (Å²) in [4.78, 5) is 29.7. The number of carbonyl (C=O) groups excluding carboxylic acids is 2. The third-order valence-electron chi connectivity index (χ3n) is 4.14. The topological polar surface area (TPSA) is 92.0 Å². The van der Waals surface area contributed by atoms with Crippen LogP contribution in [-0.4, -0.2) is 114 Å². The lowest BCUT2D eigenvalue weighted by Gasteiger charge is -2.17. The molecule has 166 valence electrons. The molecule has 0 aromatic carbocycles. The summed E-state index contributed by atoms with van der Waals surface area (Å²) in [6, 6.07) is -0.190. The van der Waals surface area contributed by atoms with E-state index < -0.39 is 0 Å². The summed E-state index contributed by atoms with van der Waals surface area (Å²) in [5, 5.41) is 11.5. The molecule has 0 spiro atoms. The van der Waals surface area contributed by atoms with E-state index in [9.17, 15) is 9.59 Å². The number of amides is 4. The molecule has 0 radical (unpaired) electrons. The Balaban J connectivity index is 3.46. The lowest BCUT2D eigenvalue weighted by molar-refractivity contribution is 0.238. The summed E-state index contributed by atoms with van der Waals surface area (Å²) in [5.41, 5.74) is 0. The molecule has 9 nitrogen and oxygen atoms in total. The molecule has 0 aliphatic rings. The van der Waals surface area contributed by atoms with Gasteiger partial charge in [-0.1, -0.05) is 0 Å². The Bertz CT molecular complexity index is 370. The van der Waals surface area contributed by atoms with Crippen molar-refractivity contribution in [3.8, 4) is 0 Å². The molecule has 0 rings (SSSR count). The second-order valence-corrected chi connectivity index (χ2v) is 7.69. The zero-order valence-corrected chi connectivity index (χ0v) is 18.6. The normalized spacial score (nSPS) is 11.1. The summed E-state index contributed by atoms with van der Waals surface area (Å²) in [5.74, 6) is 0. The molecule has 0 aliphatic carbocycles. The largest absolute Gasteiger partial charge is 0.338 e. The Morgan fingerprint density at radius 1 is 0.536 bits per heavy atom. The minimum atomic E-state index is -0.0952. The van der Waals surface area contributed by atoms with Crippen molar-refractivity contribution >= 4 is 12.1 Å². The van der Waals surface area contributed by atoms with E-state index in [-0.39, 0.29) is 12.1 Å². The first-order chi connectivity index (χ1) is 13.3. The summed E-state index contributed by atoms with van der Waals surface area (Å²) in [6.07, 6.45) is 3.71. The van der Waals surface area contributed by atoms with Gasteiger partial charge in [0.25, 0.3) is 0 Å². The predicted molar refractivity (Wildman–Crippen MR) is 116 cm³/mol.